The number of fused-ring (bicyclic) bond motifs is 1. The van der Waals surface area contributed by atoms with Crippen LogP contribution in [0.5, 0.6) is 0 Å². The van der Waals surface area contributed by atoms with Gasteiger partial charge in [0.05, 0.1) is 17.5 Å². The third-order valence-corrected chi connectivity index (χ3v) is 10.2. The van der Waals surface area contributed by atoms with Crippen LogP contribution in [-0.4, -0.2) is 60.4 Å². The fourth-order valence-corrected chi connectivity index (χ4v) is 8.29. The van der Waals surface area contributed by atoms with Gasteiger partial charge in [0.25, 0.3) is 0 Å². The lowest BCUT2D eigenvalue weighted by Gasteiger charge is -2.38. The second kappa shape index (κ2) is 11.4. The van der Waals surface area contributed by atoms with Gasteiger partial charge >= 0.3 is 0 Å². The normalized spacial score (nSPS) is 20.0. The van der Waals surface area contributed by atoms with Crippen molar-refractivity contribution in [2.45, 2.75) is 63.6 Å². The van der Waals surface area contributed by atoms with Crippen LogP contribution in [0.25, 0.3) is 0 Å². The summed E-state index contributed by atoms with van der Waals surface area (Å²) in [5.41, 5.74) is 3.73. The minimum absolute atomic E-state index is 0.0922. The molecule has 1 fully saturated rings. The van der Waals surface area contributed by atoms with E-state index in [9.17, 15) is 22.0 Å². The lowest BCUT2D eigenvalue weighted by Crippen LogP contribution is -2.47. The molecule has 0 radical (unpaired) electrons. The fourth-order valence-electron chi connectivity index (χ4n) is 6.20. The van der Waals surface area contributed by atoms with Gasteiger partial charge in [-0.1, -0.05) is 30.2 Å². The van der Waals surface area contributed by atoms with E-state index in [0.717, 1.165) is 47.4 Å². The number of piperidine rings is 1. The molecule has 5 rings (SSSR count). The number of hydrogen-bond donors (Lipinski definition) is 0. The monoisotopic (exact) mass is 571 g/mol. The standard InChI is InChI=1S/C30H35F2N3O4S/c1-20-15-21(2)30(22(3)16-20)40(37,38)35-12-5-4-7-24(35)18-39-19-28(36)34-14-13-33-11-6-8-27(33)29(34)23-9-10-25(31)26(32)17-23/h6,8-11,15-17,24,29H,4-5,7,12-14,18-19H2,1-3H3. The van der Waals surface area contributed by atoms with E-state index in [0.29, 0.717) is 36.5 Å². The van der Waals surface area contributed by atoms with E-state index < -0.39 is 27.7 Å². The zero-order valence-corrected chi connectivity index (χ0v) is 23.9. The highest BCUT2D eigenvalue weighted by Gasteiger charge is 2.36. The summed E-state index contributed by atoms with van der Waals surface area (Å²) in [6.07, 6.45) is 4.19. The molecule has 0 N–H and O–H groups in total. The lowest BCUT2D eigenvalue weighted by molar-refractivity contribution is -0.139. The van der Waals surface area contributed by atoms with E-state index in [4.69, 9.17) is 4.74 Å². The second-order valence-corrected chi connectivity index (χ2v) is 12.6. The number of hydrogen-bond acceptors (Lipinski definition) is 4. The number of aromatic nitrogens is 1. The first-order valence-corrected chi connectivity index (χ1v) is 15.1. The largest absolute Gasteiger partial charge is 0.370 e. The Morgan fingerprint density at radius 3 is 2.45 bits per heavy atom. The Balaban J connectivity index is 1.31. The van der Waals surface area contributed by atoms with Crippen LogP contribution in [-0.2, 0) is 26.1 Å². The summed E-state index contributed by atoms with van der Waals surface area (Å²) in [6.45, 7) is 6.78. The molecule has 1 saturated heterocycles. The first kappa shape index (κ1) is 28.4. The van der Waals surface area contributed by atoms with Crippen LogP contribution in [0.15, 0.2) is 53.6 Å². The number of halogens is 2. The maximum absolute atomic E-state index is 14.1. The predicted octanol–water partition coefficient (Wildman–Crippen LogP) is 4.88. The molecule has 2 aromatic carbocycles. The second-order valence-electron chi connectivity index (χ2n) is 10.8. The number of carbonyl (C=O) groups is 1. The number of nitrogens with zero attached hydrogens (tertiary/aromatic N) is 3. The molecule has 0 aliphatic carbocycles. The van der Waals surface area contributed by atoms with Crippen molar-refractivity contribution in [2.75, 3.05) is 26.3 Å². The van der Waals surface area contributed by atoms with Gasteiger partial charge in [0.15, 0.2) is 11.6 Å². The van der Waals surface area contributed by atoms with Crippen molar-refractivity contribution >= 4 is 15.9 Å². The van der Waals surface area contributed by atoms with Crippen LogP contribution >= 0.6 is 0 Å². The van der Waals surface area contributed by atoms with Crippen molar-refractivity contribution in [3.05, 3.63) is 88.2 Å². The Morgan fingerprint density at radius 2 is 1.73 bits per heavy atom. The Labute approximate surface area is 234 Å². The summed E-state index contributed by atoms with van der Waals surface area (Å²) >= 11 is 0. The smallest absolute Gasteiger partial charge is 0.249 e. The predicted molar refractivity (Wildman–Crippen MR) is 147 cm³/mol. The van der Waals surface area contributed by atoms with Crippen molar-refractivity contribution in [3.63, 3.8) is 0 Å². The van der Waals surface area contributed by atoms with Gasteiger partial charge in [0.1, 0.15) is 6.61 Å². The molecule has 40 heavy (non-hydrogen) atoms. The molecule has 3 aromatic rings. The first-order chi connectivity index (χ1) is 19.1. The third kappa shape index (κ3) is 5.44. The molecule has 10 heteroatoms. The van der Waals surface area contributed by atoms with Gasteiger partial charge in [-0.15, -0.1) is 0 Å². The molecule has 3 heterocycles. The van der Waals surface area contributed by atoms with E-state index in [2.05, 4.69) is 0 Å². The fraction of sp³-hybridized carbons (Fsp3) is 0.433. The Hall–Kier alpha value is -3.08. The van der Waals surface area contributed by atoms with Crippen molar-refractivity contribution in [3.8, 4) is 0 Å². The summed E-state index contributed by atoms with van der Waals surface area (Å²) in [6, 6.07) is 10.2. The highest BCUT2D eigenvalue weighted by atomic mass is 32.2. The number of amides is 1. The molecular weight excluding hydrogens is 536 g/mol. The van der Waals surface area contributed by atoms with Crippen molar-refractivity contribution in [2.24, 2.45) is 0 Å². The van der Waals surface area contributed by atoms with Crippen LogP contribution < -0.4 is 0 Å². The zero-order chi connectivity index (χ0) is 28.6. The van der Waals surface area contributed by atoms with E-state index in [-0.39, 0.29) is 25.2 Å². The van der Waals surface area contributed by atoms with Gasteiger partial charge < -0.3 is 14.2 Å². The quantitative estimate of drug-likeness (QED) is 0.405. The van der Waals surface area contributed by atoms with Crippen molar-refractivity contribution < 1.29 is 26.7 Å². The maximum atomic E-state index is 14.1. The molecule has 1 amide bonds. The Bertz CT molecular complexity index is 1500. The average Bonchev–Trinajstić information content (AvgIpc) is 3.38. The highest BCUT2D eigenvalue weighted by molar-refractivity contribution is 7.89. The SMILES string of the molecule is Cc1cc(C)c(S(=O)(=O)N2CCCCC2COCC(=O)N2CCn3cccc3C2c2ccc(F)c(F)c2)c(C)c1. The van der Waals surface area contributed by atoms with Crippen LogP contribution in [0.3, 0.4) is 0 Å². The molecule has 0 saturated carbocycles. The molecular formula is C30H35F2N3O4S. The minimum atomic E-state index is -3.75. The molecule has 2 aliphatic heterocycles. The van der Waals surface area contributed by atoms with Crippen LogP contribution in [0, 0.1) is 32.4 Å². The third-order valence-electron chi connectivity index (χ3n) is 7.90. The Morgan fingerprint density at radius 1 is 0.975 bits per heavy atom. The van der Waals surface area contributed by atoms with E-state index in [1.807, 2.05) is 55.8 Å². The number of benzene rings is 2. The number of ether oxygens (including phenoxy) is 1. The number of aryl methyl sites for hydroxylation is 3. The molecule has 214 valence electrons. The first-order valence-electron chi connectivity index (χ1n) is 13.6. The summed E-state index contributed by atoms with van der Waals surface area (Å²) in [5, 5.41) is 0. The minimum Gasteiger partial charge on any atom is -0.370 e. The van der Waals surface area contributed by atoms with E-state index >= 15 is 0 Å². The number of sulfonamides is 1. The highest BCUT2D eigenvalue weighted by Crippen LogP contribution is 2.34. The lowest BCUT2D eigenvalue weighted by atomic mass is 9.99. The van der Waals surface area contributed by atoms with Crippen LogP contribution in [0.4, 0.5) is 8.78 Å². The number of carbonyl (C=O) groups excluding carboxylic acids is 1. The summed E-state index contributed by atoms with van der Waals surface area (Å²) < 4.78 is 64.8. The molecule has 2 atom stereocenters. The molecule has 7 nitrogen and oxygen atoms in total. The van der Waals surface area contributed by atoms with Gasteiger partial charge in [0.2, 0.25) is 15.9 Å². The Kier molecular flexibility index (Phi) is 8.13. The van der Waals surface area contributed by atoms with Crippen molar-refractivity contribution in [1.29, 1.82) is 0 Å². The van der Waals surface area contributed by atoms with E-state index in [1.54, 1.807) is 4.90 Å². The van der Waals surface area contributed by atoms with Gasteiger partial charge in [-0.2, -0.15) is 4.31 Å². The van der Waals surface area contributed by atoms with Gasteiger partial charge in [0, 0.05) is 37.6 Å². The van der Waals surface area contributed by atoms with Crippen LogP contribution in [0.2, 0.25) is 0 Å². The summed E-state index contributed by atoms with van der Waals surface area (Å²) in [7, 11) is -3.75. The number of rotatable bonds is 7. The van der Waals surface area contributed by atoms with Gasteiger partial charge in [-0.05, 0) is 74.6 Å². The molecule has 2 unspecified atom stereocenters. The average molecular weight is 572 g/mol. The van der Waals surface area contributed by atoms with Crippen LogP contribution in [0.1, 0.15) is 53.3 Å². The zero-order valence-electron chi connectivity index (χ0n) is 23.1. The molecule has 0 bridgehead atoms. The molecule has 1 aromatic heterocycles. The summed E-state index contributed by atoms with van der Waals surface area (Å²) in [4.78, 5) is 15.4. The van der Waals surface area contributed by atoms with E-state index in [1.165, 1.54) is 10.4 Å². The summed E-state index contributed by atoms with van der Waals surface area (Å²) in [5.74, 6) is -2.21. The van der Waals surface area contributed by atoms with Crippen molar-refractivity contribution in [1.82, 2.24) is 13.8 Å². The molecule has 2 aliphatic rings. The van der Waals surface area contributed by atoms with Gasteiger partial charge in [-0.3, -0.25) is 4.79 Å². The topological polar surface area (TPSA) is 71.8 Å². The molecule has 0 spiro atoms. The maximum Gasteiger partial charge on any atom is 0.249 e. The van der Waals surface area contributed by atoms with Gasteiger partial charge in [-0.25, -0.2) is 17.2 Å².